The van der Waals surface area contributed by atoms with Crippen molar-refractivity contribution in [3.63, 3.8) is 0 Å². The van der Waals surface area contributed by atoms with Crippen LogP contribution in [0.2, 0.25) is 0 Å². The van der Waals surface area contributed by atoms with Gasteiger partial charge in [0.2, 0.25) is 5.91 Å². The fourth-order valence-corrected chi connectivity index (χ4v) is 2.53. The van der Waals surface area contributed by atoms with Crippen LogP contribution in [0.25, 0.3) is 0 Å². The molecule has 1 rings (SSSR count). The van der Waals surface area contributed by atoms with Gasteiger partial charge in [0, 0.05) is 0 Å². The van der Waals surface area contributed by atoms with Crippen LogP contribution in [0.15, 0.2) is 30.3 Å². The highest BCUT2D eigenvalue weighted by Crippen LogP contribution is 2.28. The first-order valence-corrected chi connectivity index (χ1v) is 7.92. The van der Waals surface area contributed by atoms with Gasteiger partial charge in [0.05, 0.1) is 12.1 Å². The lowest BCUT2D eigenvalue weighted by molar-refractivity contribution is -0.125. The summed E-state index contributed by atoms with van der Waals surface area (Å²) in [4.78, 5) is 12.5. The van der Waals surface area contributed by atoms with E-state index in [1.54, 1.807) is 0 Å². The van der Waals surface area contributed by atoms with Gasteiger partial charge in [0.25, 0.3) is 0 Å². The summed E-state index contributed by atoms with van der Waals surface area (Å²) in [6.45, 7) is 10.3. The van der Waals surface area contributed by atoms with Crippen LogP contribution < -0.4 is 11.1 Å². The van der Waals surface area contributed by atoms with Crippen LogP contribution in [-0.2, 0) is 4.79 Å². The van der Waals surface area contributed by atoms with Crippen LogP contribution in [0.4, 0.5) is 0 Å². The van der Waals surface area contributed by atoms with Crippen LogP contribution in [0.1, 0.15) is 59.1 Å². The first-order valence-electron chi connectivity index (χ1n) is 7.92. The van der Waals surface area contributed by atoms with Gasteiger partial charge < -0.3 is 11.1 Å². The fourth-order valence-electron chi connectivity index (χ4n) is 2.53. The smallest absolute Gasteiger partial charge is 0.237 e. The van der Waals surface area contributed by atoms with E-state index in [1.165, 1.54) is 0 Å². The molecular formula is C18H30N2O. The van der Waals surface area contributed by atoms with E-state index in [4.69, 9.17) is 5.73 Å². The Hall–Kier alpha value is -1.35. The number of carbonyl (C=O) groups is 1. The molecule has 0 fully saturated rings. The summed E-state index contributed by atoms with van der Waals surface area (Å²) in [6.07, 6.45) is 2.06. The molecule has 0 aliphatic rings. The number of rotatable bonds is 6. The van der Waals surface area contributed by atoms with Crippen LogP contribution in [0.5, 0.6) is 0 Å². The SMILES string of the molecule is CCC(CC)C(NC(=O)[C@@H](N)C(C)(C)C)c1ccccc1. The van der Waals surface area contributed by atoms with Crippen molar-refractivity contribution in [2.75, 3.05) is 0 Å². The van der Waals surface area contributed by atoms with E-state index in [2.05, 4.69) is 31.3 Å². The van der Waals surface area contributed by atoms with E-state index in [0.29, 0.717) is 5.92 Å². The lowest BCUT2D eigenvalue weighted by Crippen LogP contribution is -2.50. The van der Waals surface area contributed by atoms with Crippen LogP contribution in [-0.4, -0.2) is 11.9 Å². The van der Waals surface area contributed by atoms with E-state index in [0.717, 1.165) is 18.4 Å². The Balaban J connectivity index is 2.96. The highest BCUT2D eigenvalue weighted by molar-refractivity contribution is 5.82. The Morgan fingerprint density at radius 3 is 2.10 bits per heavy atom. The van der Waals surface area contributed by atoms with Crippen molar-refractivity contribution in [1.29, 1.82) is 0 Å². The third-order valence-electron chi connectivity index (χ3n) is 4.19. The van der Waals surface area contributed by atoms with Gasteiger partial charge in [0.1, 0.15) is 0 Å². The molecule has 3 nitrogen and oxygen atoms in total. The Kier molecular flexibility index (Phi) is 6.41. The maximum absolute atomic E-state index is 12.5. The molecule has 3 N–H and O–H groups in total. The first-order chi connectivity index (χ1) is 9.81. The maximum atomic E-state index is 12.5. The molecule has 118 valence electrons. The van der Waals surface area contributed by atoms with E-state index in [-0.39, 0.29) is 17.4 Å². The highest BCUT2D eigenvalue weighted by Gasteiger charge is 2.30. The van der Waals surface area contributed by atoms with Crippen LogP contribution >= 0.6 is 0 Å². The Morgan fingerprint density at radius 2 is 1.67 bits per heavy atom. The summed E-state index contributed by atoms with van der Waals surface area (Å²) in [5.74, 6) is 0.353. The second-order valence-electron chi connectivity index (χ2n) is 6.82. The maximum Gasteiger partial charge on any atom is 0.237 e. The summed E-state index contributed by atoms with van der Waals surface area (Å²) in [7, 11) is 0. The topological polar surface area (TPSA) is 55.1 Å². The van der Waals surface area contributed by atoms with Gasteiger partial charge in [-0.1, -0.05) is 77.8 Å². The van der Waals surface area contributed by atoms with Gasteiger partial charge in [-0.25, -0.2) is 0 Å². The van der Waals surface area contributed by atoms with E-state index >= 15 is 0 Å². The lowest BCUT2D eigenvalue weighted by Gasteiger charge is -2.31. The van der Waals surface area contributed by atoms with Crippen LogP contribution in [0, 0.1) is 11.3 Å². The summed E-state index contributed by atoms with van der Waals surface area (Å²) in [5.41, 5.74) is 7.01. The number of nitrogens with one attached hydrogen (secondary N) is 1. The standard InChI is InChI=1S/C18H30N2O/c1-6-13(7-2)15(14-11-9-8-10-12-14)20-17(21)16(19)18(3,4)5/h8-13,15-16H,6-7,19H2,1-5H3,(H,20,21)/t15?,16-/m1/s1. The summed E-state index contributed by atoms with van der Waals surface area (Å²) < 4.78 is 0. The van der Waals surface area contributed by atoms with E-state index in [9.17, 15) is 4.79 Å². The Labute approximate surface area is 129 Å². The number of benzene rings is 1. The zero-order chi connectivity index (χ0) is 16.0. The molecule has 0 aliphatic carbocycles. The van der Waals surface area contributed by atoms with Gasteiger partial charge in [-0.15, -0.1) is 0 Å². The third kappa shape index (κ3) is 4.85. The van der Waals surface area contributed by atoms with Crippen molar-refractivity contribution >= 4 is 5.91 Å². The Bertz CT molecular complexity index is 432. The van der Waals surface area contributed by atoms with Crippen molar-refractivity contribution in [3.05, 3.63) is 35.9 Å². The van der Waals surface area contributed by atoms with E-state index < -0.39 is 6.04 Å². The van der Waals surface area contributed by atoms with Crippen molar-refractivity contribution in [2.45, 2.75) is 59.5 Å². The van der Waals surface area contributed by atoms with Gasteiger partial charge in [0.15, 0.2) is 0 Å². The predicted octanol–water partition coefficient (Wildman–Crippen LogP) is 3.65. The van der Waals surface area contributed by atoms with Gasteiger partial charge in [-0.05, 0) is 16.9 Å². The van der Waals surface area contributed by atoms with Crippen molar-refractivity contribution in [3.8, 4) is 0 Å². The minimum Gasteiger partial charge on any atom is -0.348 e. The molecule has 0 heterocycles. The van der Waals surface area contributed by atoms with Gasteiger partial charge in [-0.2, -0.15) is 0 Å². The minimum absolute atomic E-state index is 0.0297. The highest BCUT2D eigenvalue weighted by atomic mass is 16.2. The van der Waals surface area contributed by atoms with Crippen molar-refractivity contribution in [2.24, 2.45) is 17.1 Å². The lowest BCUT2D eigenvalue weighted by atomic mass is 9.85. The fraction of sp³-hybridized carbons (Fsp3) is 0.611. The molecule has 3 heteroatoms. The molecule has 2 atom stereocenters. The van der Waals surface area contributed by atoms with Crippen molar-refractivity contribution < 1.29 is 4.79 Å². The second kappa shape index (κ2) is 7.60. The predicted molar refractivity (Wildman–Crippen MR) is 88.8 cm³/mol. The first kappa shape index (κ1) is 17.7. The molecule has 0 spiro atoms. The molecule has 1 aromatic carbocycles. The Morgan fingerprint density at radius 1 is 1.14 bits per heavy atom. The molecule has 0 aromatic heterocycles. The summed E-state index contributed by atoms with van der Waals surface area (Å²) in [5, 5.41) is 3.18. The van der Waals surface area contributed by atoms with E-state index in [1.807, 2.05) is 39.0 Å². The largest absolute Gasteiger partial charge is 0.348 e. The molecule has 0 saturated heterocycles. The molecule has 0 radical (unpaired) electrons. The zero-order valence-corrected chi connectivity index (χ0v) is 14.0. The number of hydrogen-bond acceptors (Lipinski definition) is 2. The molecule has 0 bridgehead atoms. The minimum atomic E-state index is -0.502. The zero-order valence-electron chi connectivity index (χ0n) is 14.0. The van der Waals surface area contributed by atoms with Gasteiger partial charge >= 0.3 is 0 Å². The average molecular weight is 290 g/mol. The molecular weight excluding hydrogens is 260 g/mol. The van der Waals surface area contributed by atoms with Crippen LogP contribution in [0.3, 0.4) is 0 Å². The average Bonchev–Trinajstić information content (AvgIpc) is 2.46. The quantitative estimate of drug-likeness (QED) is 0.840. The number of hydrogen-bond donors (Lipinski definition) is 2. The number of nitrogens with two attached hydrogens (primary N) is 1. The molecule has 21 heavy (non-hydrogen) atoms. The molecule has 0 aliphatic heterocycles. The molecule has 1 unspecified atom stereocenters. The number of amides is 1. The number of carbonyl (C=O) groups excluding carboxylic acids is 1. The molecule has 1 amide bonds. The summed E-state index contributed by atoms with van der Waals surface area (Å²) >= 11 is 0. The van der Waals surface area contributed by atoms with Crippen molar-refractivity contribution in [1.82, 2.24) is 5.32 Å². The normalized spacial score (nSPS) is 14.8. The molecule has 0 saturated carbocycles. The monoisotopic (exact) mass is 290 g/mol. The van der Waals surface area contributed by atoms with Gasteiger partial charge in [-0.3, -0.25) is 4.79 Å². The second-order valence-corrected chi connectivity index (χ2v) is 6.82. The third-order valence-corrected chi connectivity index (χ3v) is 4.19. The molecule has 1 aromatic rings. The summed E-state index contributed by atoms with van der Waals surface area (Å²) in [6, 6.07) is 9.70.